The summed E-state index contributed by atoms with van der Waals surface area (Å²) in [5.41, 5.74) is 0. The molecular formula is C20H45NO4S. The minimum Gasteiger partial charge on any atom is -0.726 e. The highest BCUT2D eigenvalue weighted by Crippen LogP contribution is 2.14. The summed E-state index contributed by atoms with van der Waals surface area (Å²) >= 11 is 0. The highest BCUT2D eigenvalue weighted by Gasteiger charge is 2.19. The van der Waals surface area contributed by atoms with Crippen LogP contribution in [0.4, 0.5) is 0 Å². The van der Waals surface area contributed by atoms with E-state index in [9.17, 15) is 13.0 Å². The Kier molecular flexibility index (Phi) is 19.6. The van der Waals surface area contributed by atoms with E-state index in [1.165, 1.54) is 101 Å². The number of hydrogen-bond donors (Lipinski definition) is 0. The van der Waals surface area contributed by atoms with Gasteiger partial charge >= 0.3 is 0 Å². The van der Waals surface area contributed by atoms with Gasteiger partial charge in [-0.25, -0.2) is 8.42 Å². The first kappa shape index (κ1) is 28.0. The molecule has 0 rings (SSSR count). The molecule has 5 nitrogen and oxygen atoms in total. The second kappa shape index (κ2) is 18.2. The molecule has 6 heteroatoms. The summed E-state index contributed by atoms with van der Waals surface area (Å²) in [6, 6.07) is 0. The third-order valence-corrected chi connectivity index (χ3v) is 5.27. The van der Waals surface area contributed by atoms with Gasteiger partial charge in [-0.2, -0.15) is 0 Å². The maximum atomic E-state index is 9.22. The molecule has 0 aliphatic heterocycles. The van der Waals surface area contributed by atoms with E-state index in [0.29, 0.717) is 0 Å². The molecule has 0 bridgehead atoms. The summed E-state index contributed by atoms with van der Waals surface area (Å²) < 4.78 is 32.4. The fourth-order valence-electron chi connectivity index (χ4n) is 3.10. The lowest BCUT2D eigenvalue weighted by Gasteiger charge is -2.35. The van der Waals surface area contributed by atoms with E-state index < -0.39 is 10.4 Å². The molecule has 0 atom stereocenters. The van der Waals surface area contributed by atoms with Crippen LogP contribution in [0.2, 0.25) is 0 Å². The first-order chi connectivity index (χ1) is 12.2. The second-order valence-corrected chi connectivity index (χ2v) is 8.70. The van der Waals surface area contributed by atoms with Gasteiger partial charge in [0.25, 0.3) is 0 Å². The van der Waals surface area contributed by atoms with Gasteiger partial charge in [-0.3, -0.25) is 4.18 Å². The summed E-state index contributed by atoms with van der Waals surface area (Å²) in [6.07, 6.45) is 17.0. The van der Waals surface area contributed by atoms with Gasteiger partial charge in [0.1, 0.15) is 0 Å². The van der Waals surface area contributed by atoms with Crippen molar-refractivity contribution >= 4 is 10.4 Å². The molecule has 0 amide bonds. The predicted octanol–water partition coefficient (Wildman–Crippen LogP) is 5.27. The van der Waals surface area contributed by atoms with Crippen LogP contribution in [0.3, 0.4) is 0 Å². The second-order valence-electron chi connectivity index (χ2n) is 7.55. The van der Waals surface area contributed by atoms with Crippen LogP contribution in [0, 0.1) is 0 Å². The highest BCUT2D eigenvalue weighted by atomic mass is 32.3. The van der Waals surface area contributed by atoms with E-state index in [1.54, 1.807) is 0 Å². The molecule has 0 saturated heterocycles. The number of nitrogens with zero attached hydrogens (tertiary/aromatic N) is 1. The Morgan fingerprint density at radius 3 is 1.15 bits per heavy atom. The Labute approximate surface area is 164 Å². The van der Waals surface area contributed by atoms with Crippen LogP contribution >= 0.6 is 0 Å². The van der Waals surface area contributed by atoms with Crippen molar-refractivity contribution in [3.05, 3.63) is 0 Å². The molecule has 0 fully saturated rings. The van der Waals surface area contributed by atoms with Crippen LogP contribution in [-0.4, -0.2) is 51.2 Å². The Bertz CT molecular complexity index is 354. The first-order valence-corrected chi connectivity index (χ1v) is 11.9. The van der Waals surface area contributed by atoms with Gasteiger partial charge < -0.3 is 9.04 Å². The van der Waals surface area contributed by atoms with E-state index in [2.05, 4.69) is 32.0 Å². The van der Waals surface area contributed by atoms with Gasteiger partial charge in [0.15, 0.2) is 0 Å². The van der Waals surface area contributed by atoms with Gasteiger partial charge in [-0.05, 0) is 38.5 Å². The molecule has 0 aromatic heterocycles. The van der Waals surface area contributed by atoms with Crippen molar-refractivity contribution < 1.29 is 21.6 Å². The molecule has 0 spiro atoms. The van der Waals surface area contributed by atoms with Crippen LogP contribution in [0.1, 0.15) is 97.8 Å². The molecule has 0 radical (unpaired) electrons. The third kappa shape index (κ3) is 21.9. The SMILES string of the molecule is CCCCCC[N+](C)(CCCCCC)CCCCCC.COS(=O)(=O)[O-]. The van der Waals surface area contributed by atoms with Crippen LogP contribution in [-0.2, 0) is 14.6 Å². The number of unbranched alkanes of at least 4 members (excludes halogenated alkanes) is 9. The van der Waals surface area contributed by atoms with E-state index in [4.69, 9.17) is 0 Å². The number of quaternary nitrogens is 1. The van der Waals surface area contributed by atoms with E-state index >= 15 is 0 Å². The fraction of sp³-hybridized carbons (Fsp3) is 1.00. The standard InChI is InChI=1S/C19H42N.CH4O4S/c1-5-8-11-14-17-20(4,18-15-12-9-6-2)19-16-13-10-7-3;1-5-6(2,3)4/h5-19H2,1-4H3;1H3,(H,2,3,4)/q+1;/p-1. The van der Waals surface area contributed by atoms with Crippen molar-refractivity contribution in [3.63, 3.8) is 0 Å². The topological polar surface area (TPSA) is 66.4 Å². The lowest BCUT2D eigenvalue weighted by molar-refractivity contribution is -0.910. The van der Waals surface area contributed by atoms with Crippen LogP contribution in [0.25, 0.3) is 0 Å². The minimum absolute atomic E-state index is 0.808. The average Bonchev–Trinajstić information content (AvgIpc) is 2.60. The van der Waals surface area contributed by atoms with Crippen LogP contribution < -0.4 is 0 Å². The smallest absolute Gasteiger partial charge is 0.217 e. The molecule has 0 aliphatic carbocycles. The number of rotatable bonds is 16. The van der Waals surface area contributed by atoms with Crippen molar-refractivity contribution in [3.8, 4) is 0 Å². The molecule has 26 heavy (non-hydrogen) atoms. The summed E-state index contributed by atoms with van der Waals surface area (Å²) in [6.45, 7) is 11.2. The van der Waals surface area contributed by atoms with Crippen molar-refractivity contribution in [2.45, 2.75) is 97.8 Å². The molecule has 0 aromatic carbocycles. The predicted molar refractivity (Wildman–Crippen MR) is 110 cm³/mol. The zero-order valence-electron chi connectivity index (χ0n) is 18.1. The molecule has 0 aromatic rings. The lowest BCUT2D eigenvalue weighted by Crippen LogP contribution is -2.46. The zero-order chi connectivity index (χ0) is 20.3. The molecular weight excluding hydrogens is 350 g/mol. The molecule has 0 saturated carbocycles. The van der Waals surface area contributed by atoms with Crippen molar-refractivity contribution in [1.29, 1.82) is 0 Å². The van der Waals surface area contributed by atoms with Crippen molar-refractivity contribution in [2.75, 3.05) is 33.8 Å². The van der Waals surface area contributed by atoms with Gasteiger partial charge in [0.2, 0.25) is 10.4 Å². The largest absolute Gasteiger partial charge is 0.726 e. The summed E-state index contributed by atoms with van der Waals surface area (Å²) in [5, 5.41) is 0. The summed E-state index contributed by atoms with van der Waals surface area (Å²) in [4.78, 5) is 0. The first-order valence-electron chi connectivity index (χ1n) is 10.6. The fourth-order valence-corrected chi connectivity index (χ4v) is 3.10. The van der Waals surface area contributed by atoms with Gasteiger partial charge in [0.05, 0.1) is 33.8 Å². The number of hydrogen-bond acceptors (Lipinski definition) is 4. The molecule has 0 aliphatic rings. The Balaban J connectivity index is 0. The van der Waals surface area contributed by atoms with Crippen molar-refractivity contribution in [1.82, 2.24) is 0 Å². The molecule has 0 unspecified atom stereocenters. The molecule has 0 N–H and O–H groups in total. The molecule has 0 heterocycles. The van der Waals surface area contributed by atoms with Gasteiger partial charge in [0, 0.05) is 0 Å². The monoisotopic (exact) mass is 395 g/mol. The van der Waals surface area contributed by atoms with E-state index in [-0.39, 0.29) is 0 Å². The Hall–Kier alpha value is -0.170. The van der Waals surface area contributed by atoms with Crippen molar-refractivity contribution in [2.24, 2.45) is 0 Å². The quantitative estimate of drug-likeness (QED) is 0.155. The zero-order valence-corrected chi connectivity index (χ0v) is 18.9. The van der Waals surface area contributed by atoms with Crippen LogP contribution in [0.5, 0.6) is 0 Å². The minimum atomic E-state index is -4.41. The highest BCUT2D eigenvalue weighted by molar-refractivity contribution is 7.80. The van der Waals surface area contributed by atoms with Crippen LogP contribution in [0.15, 0.2) is 0 Å². The molecule has 160 valence electrons. The maximum absolute atomic E-state index is 9.22. The normalized spacial score (nSPS) is 11.9. The van der Waals surface area contributed by atoms with E-state index in [0.717, 1.165) is 7.11 Å². The lowest BCUT2D eigenvalue weighted by atomic mass is 10.1. The average molecular weight is 396 g/mol. The summed E-state index contributed by atoms with van der Waals surface area (Å²) in [7, 11) is -1.09. The third-order valence-electron chi connectivity index (χ3n) is 4.86. The Morgan fingerprint density at radius 2 is 0.962 bits per heavy atom. The van der Waals surface area contributed by atoms with E-state index in [1.807, 2.05) is 0 Å². The Morgan fingerprint density at radius 1 is 0.692 bits per heavy atom. The van der Waals surface area contributed by atoms with Gasteiger partial charge in [-0.1, -0.05) is 59.3 Å². The van der Waals surface area contributed by atoms with Gasteiger partial charge in [-0.15, -0.1) is 0 Å². The maximum Gasteiger partial charge on any atom is 0.217 e. The summed E-state index contributed by atoms with van der Waals surface area (Å²) in [5.74, 6) is 0.